The Kier molecular flexibility index (Phi) is 5.99. The molecule has 0 atom stereocenters. The maximum Gasteiger partial charge on any atom is 0.265 e. The van der Waals surface area contributed by atoms with Crippen molar-refractivity contribution in [1.82, 2.24) is 4.98 Å². The lowest BCUT2D eigenvalue weighted by atomic mass is 10.2. The number of hydrogen-bond donors (Lipinski definition) is 2. The fraction of sp³-hybridized carbons (Fsp3) is 0.100. The number of benzene rings is 2. The van der Waals surface area contributed by atoms with E-state index in [0.717, 1.165) is 0 Å². The smallest absolute Gasteiger partial charge is 0.265 e. The van der Waals surface area contributed by atoms with Gasteiger partial charge in [0.25, 0.3) is 15.9 Å². The third-order valence-electron chi connectivity index (χ3n) is 3.98. The van der Waals surface area contributed by atoms with E-state index in [1.54, 1.807) is 48.7 Å². The summed E-state index contributed by atoms with van der Waals surface area (Å²) in [6.45, 7) is 0. The van der Waals surface area contributed by atoms with Crippen LogP contribution in [0.1, 0.15) is 10.4 Å². The predicted octanol–water partition coefficient (Wildman–Crippen LogP) is 3.15. The molecule has 0 saturated carbocycles. The van der Waals surface area contributed by atoms with Crippen molar-refractivity contribution in [2.24, 2.45) is 0 Å². The van der Waals surface area contributed by atoms with E-state index in [0.29, 0.717) is 22.7 Å². The van der Waals surface area contributed by atoms with Crippen molar-refractivity contribution in [1.29, 1.82) is 0 Å². The summed E-state index contributed by atoms with van der Waals surface area (Å²) in [5, 5.41) is 2.66. The van der Waals surface area contributed by atoms with E-state index in [1.165, 1.54) is 32.5 Å². The van der Waals surface area contributed by atoms with Crippen molar-refractivity contribution in [3.8, 4) is 11.5 Å². The molecule has 1 aromatic heterocycles. The molecule has 1 amide bonds. The lowest BCUT2D eigenvalue weighted by Gasteiger charge is -2.14. The molecule has 0 aliphatic carbocycles. The van der Waals surface area contributed by atoms with Crippen LogP contribution >= 0.6 is 0 Å². The van der Waals surface area contributed by atoms with Gasteiger partial charge in [0.1, 0.15) is 16.4 Å². The second-order valence-corrected chi connectivity index (χ2v) is 7.55. The summed E-state index contributed by atoms with van der Waals surface area (Å²) in [4.78, 5) is 16.1. The summed E-state index contributed by atoms with van der Waals surface area (Å²) in [6, 6.07) is 14.0. The minimum absolute atomic E-state index is 0.111. The number of ether oxygens (including phenoxy) is 2. The number of sulfonamides is 1. The molecule has 0 aliphatic rings. The number of methoxy groups -OCH3 is 2. The van der Waals surface area contributed by atoms with Crippen LogP contribution in [0.5, 0.6) is 11.5 Å². The molecule has 29 heavy (non-hydrogen) atoms. The van der Waals surface area contributed by atoms with Crippen LogP contribution < -0.4 is 19.5 Å². The fourth-order valence-corrected chi connectivity index (χ4v) is 3.79. The summed E-state index contributed by atoms with van der Waals surface area (Å²) < 4.78 is 38.5. The number of anilines is 2. The zero-order chi connectivity index (χ0) is 20.9. The molecule has 1 heterocycles. The number of hydrogen-bond acceptors (Lipinski definition) is 6. The lowest BCUT2D eigenvalue weighted by Crippen LogP contribution is -2.16. The van der Waals surface area contributed by atoms with Crippen LogP contribution in [0, 0.1) is 0 Å². The highest BCUT2D eigenvalue weighted by atomic mass is 32.2. The number of nitrogens with one attached hydrogen (secondary N) is 2. The van der Waals surface area contributed by atoms with Gasteiger partial charge in [0.2, 0.25) is 0 Å². The Labute approximate surface area is 168 Å². The number of nitrogens with zero attached hydrogens (tertiary/aromatic N) is 1. The van der Waals surface area contributed by atoms with Crippen LogP contribution in [0.25, 0.3) is 0 Å². The number of carbonyl (C=O) groups excluding carboxylic acids is 1. The van der Waals surface area contributed by atoms with Gasteiger partial charge < -0.3 is 14.8 Å². The molecule has 9 heteroatoms. The molecule has 3 aromatic rings. The zero-order valence-corrected chi connectivity index (χ0v) is 16.6. The van der Waals surface area contributed by atoms with Gasteiger partial charge >= 0.3 is 0 Å². The van der Waals surface area contributed by atoms with Gasteiger partial charge in [-0.25, -0.2) is 8.42 Å². The van der Waals surface area contributed by atoms with E-state index in [-0.39, 0.29) is 10.6 Å². The average Bonchev–Trinajstić information content (AvgIpc) is 2.74. The van der Waals surface area contributed by atoms with Gasteiger partial charge in [0.15, 0.2) is 0 Å². The molecule has 0 fully saturated rings. The third kappa shape index (κ3) is 4.82. The van der Waals surface area contributed by atoms with Crippen molar-refractivity contribution in [2.45, 2.75) is 4.90 Å². The van der Waals surface area contributed by atoms with E-state index in [9.17, 15) is 13.2 Å². The molecule has 0 radical (unpaired) electrons. The highest BCUT2D eigenvalue weighted by Gasteiger charge is 2.21. The molecule has 2 N–H and O–H groups in total. The Hall–Kier alpha value is -3.59. The number of aromatic nitrogens is 1. The maximum atomic E-state index is 12.9. The Morgan fingerprint density at radius 1 is 0.966 bits per heavy atom. The van der Waals surface area contributed by atoms with E-state index in [4.69, 9.17) is 9.47 Å². The molecule has 0 spiro atoms. The fourth-order valence-electron chi connectivity index (χ4n) is 2.53. The molecule has 3 rings (SSSR count). The molecule has 0 bridgehead atoms. The van der Waals surface area contributed by atoms with Crippen LogP contribution in [-0.2, 0) is 10.0 Å². The van der Waals surface area contributed by atoms with Crippen LogP contribution in [0.4, 0.5) is 11.4 Å². The largest absolute Gasteiger partial charge is 0.497 e. The van der Waals surface area contributed by atoms with Crippen molar-refractivity contribution in [3.05, 3.63) is 72.6 Å². The normalized spacial score (nSPS) is 10.8. The third-order valence-corrected chi connectivity index (χ3v) is 5.38. The quantitative estimate of drug-likeness (QED) is 0.616. The molecule has 0 saturated heterocycles. The minimum atomic E-state index is -3.98. The highest BCUT2D eigenvalue weighted by molar-refractivity contribution is 7.92. The van der Waals surface area contributed by atoms with Crippen molar-refractivity contribution in [3.63, 3.8) is 0 Å². The predicted molar refractivity (Wildman–Crippen MR) is 109 cm³/mol. The van der Waals surface area contributed by atoms with E-state index in [2.05, 4.69) is 15.0 Å². The monoisotopic (exact) mass is 413 g/mol. The summed E-state index contributed by atoms with van der Waals surface area (Å²) in [7, 11) is -1.08. The first-order chi connectivity index (χ1) is 13.9. The van der Waals surface area contributed by atoms with Gasteiger partial charge in [-0.05, 0) is 54.6 Å². The van der Waals surface area contributed by atoms with E-state index in [1.807, 2.05) is 0 Å². The van der Waals surface area contributed by atoms with Gasteiger partial charge in [-0.2, -0.15) is 0 Å². The SMILES string of the molecule is COc1ccc(NS(=O)(=O)c2cc(NC(=O)c3cccnc3)ccc2OC)cc1. The maximum absolute atomic E-state index is 12.9. The van der Waals surface area contributed by atoms with E-state index >= 15 is 0 Å². The topological polar surface area (TPSA) is 107 Å². The summed E-state index contributed by atoms with van der Waals surface area (Å²) in [5.74, 6) is 0.339. The first kappa shape index (κ1) is 20.2. The van der Waals surface area contributed by atoms with Crippen molar-refractivity contribution < 1.29 is 22.7 Å². The van der Waals surface area contributed by atoms with Crippen LogP contribution in [0.15, 0.2) is 71.9 Å². The molecule has 0 unspecified atom stereocenters. The molecular weight excluding hydrogens is 394 g/mol. The molecular formula is C20H19N3O5S. The Balaban J connectivity index is 1.88. The van der Waals surface area contributed by atoms with Crippen LogP contribution in [0.2, 0.25) is 0 Å². The van der Waals surface area contributed by atoms with Crippen LogP contribution in [-0.4, -0.2) is 33.5 Å². The summed E-state index contributed by atoms with van der Waals surface area (Å²) >= 11 is 0. The van der Waals surface area contributed by atoms with Crippen molar-refractivity contribution in [2.75, 3.05) is 24.3 Å². The van der Waals surface area contributed by atoms with Gasteiger partial charge in [0.05, 0.1) is 19.8 Å². The van der Waals surface area contributed by atoms with E-state index < -0.39 is 15.9 Å². The summed E-state index contributed by atoms with van der Waals surface area (Å²) in [6.07, 6.45) is 2.97. The standard InChI is InChI=1S/C20H19N3O5S/c1-27-17-8-5-15(6-9-17)23-29(25,26)19-12-16(7-10-18(19)28-2)22-20(24)14-4-3-11-21-13-14/h3-13,23H,1-2H3,(H,22,24). The Bertz CT molecular complexity index is 1100. The average molecular weight is 413 g/mol. The lowest BCUT2D eigenvalue weighted by molar-refractivity contribution is 0.102. The second-order valence-electron chi connectivity index (χ2n) is 5.90. The van der Waals surface area contributed by atoms with Crippen molar-refractivity contribution >= 4 is 27.3 Å². The Morgan fingerprint density at radius 2 is 1.69 bits per heavy atom. The number of carbonyl (C=O) groups is 1. The molecule has 2 aromatic carbocycles. The van der Waals surface area contributed by atoms with Crippen LogP contribution in [0.3, 0.4) is 0 Å². The number of pyridine rings is 1. The molecule has 8 nitrogen and oxygen atoms in total. The van der Waals surface area contributed by atoms with Gasteiger partial charge in [0, 0.05) is 23.8 Å². The highest BCUT2D eigenvalue weighted by Crippen LogP contribution is 2.29. The number of rotatable bonds is 7. The molecule has 0 aliphatic heterocycles. The summed E-state index contributed by atoms with van der Waals surface area (Å²) in [5.41, 5.74) is 1.01. The Morgan fingerprint density at radius 3 is 2.31 bits per heavy atom. The second kappa shape index (κ2) is 8.61. The first-order valence-corrected chi connectivity index (χ1v) is 9.97. The number of amides is 1. The van der Waals surface area contributed by atoms with Gasteiger partial charge in [-0.15, -0.1) is 0 Å². The van der Waals surface area contributed by atoms with Gasteiger partial charge in [-0.1, -0.05) is 0 Å². The molecule has 150 valence electrons. The first-order valence-electron chi connectivity index (χ1n) is 8.49. The zero-order valence-electron chi connectivity index (χ0n) is 15.7. The minimum Gasteiger partial charge on any atom is -0.497 e. The van der Waals surface area contributed by atoms with Gasteiger partial charge in [-0.3, -0.25) is 14.5 Å².